The highest BCUT2D eigenvalue weighted by atomic mass is 16.2. The summed E-state index contributed by atoms with van der Waals surface area (Å²) in [6, 6.07) is 7.15. The molecule has 6 rings (SSSR count). The highest BCUT2D eigenvalue weighted by molar-refractivity contribution is 6.04. The average Bonchev–Trinajstić information content (AvgIpc) is 2.59. The van der Waals surface area contributed by atoms with Crippen molar-refractivity contribution in [2.75, 3.05) is 6.54 Å². The van der Waals surface area contributed by atoms with E-state index < -0.39 is 0 Å². The Morgan fingerprint density at radius 1 is 1.08 bits per heavy atom. The van der Waals surface area contributed by atoms with Crippen LogP contribution in [0.1, 0.15) is 49.0 Å². The lowest BCUT2D eigenvalue weighted by molar-refractivity contribution is -0.0503. The molecule has 0 aliphatic heterocycles. The van der Waals surface area contributed by atoms with E-state index >= 15 is 0 Å². The summed E-state index contributed by atoms with van der Waals surface area (Å²) in [5, 5.41) is 10.7. The standard InChI is InChI=1S/C20H23N3O2/c24-18-16-4-2-1-3-15(16)17(22-23-18)19(25)21-11-20-8-12-5-13(9-20)7-14(6-12)10-20/h1-4,12-14H,5-11H2,(H,21,25)(H,23,24). The van der Waals surface area contributed by atoms with Crippen molar-refractivity contribution in [3.63, 3.8) is 0 Å². The molecule has 1 amide bonds. The van der Waals surface area contributed by atoms with Gasteiger partial charge < -0.3 is 5.32 Å². The predicted molar refractivity (Wildman–Crippen MR) is 95.3 cm³/mol. The van der Waals surface area contributed by atoms with Crippen LogP contribution in [0, 0.1) is 23.2 Å². The van der Waals surface area contributed by atoms with Gasteiger partial charge in [-0.2, -0.15) is 5.10 Å². The smallest absolute Gasteiger partial charge is 0.272 e. The largest absolute Gasteiger partial charge is 0.350 e. The van der Waals surface area contributed by atoms with Crippen LogP contribution in [-0.4, -0.2) is 22.6 Å². The van der Waals surface area contributed by atoms with Crippen LogP contribution in [0.2, 0.25) is 0 Å². The maximum atomic E-state index is 12.8. The molecule has 0 unspecified atom stereocenters. The summed E-state index contributed by atoms with van der Waals surface area (Å²) >= 11 is 0. The first-order valence-electron chi connectivity index (χ1n) is 9.37. The molecular formula is C20H23N3O2. The van der Waals surface area contributed by atoms with E-state index in [1.54, 1.807) is 18.2 Å². The van der Waals surface area contributed by atoms with Gasteiger partial charge in [-0.15, -0.1) is 0 Å². The molecule has 1 aromatic heterocycles. The van der Waals surface area contributed by atoms with Crippen LogP contribution in [0.25, 0.3) is 10.8 Å². The summed E-state index contributed by atoms with van der Waals surface area (Å²) in [6.45, 7) is 0.741. The van der Waals surface area contributed by atoms with Crippen LogP contribution in [0.5, 0.6) is 0 Å². The summed E-state index contributed by atoms with van der Waals surface area (Å²) in [4.78, 5) is 24.7. The first-order chi connectivity index (χ1) is 12.1. The second kappa shape index (κ2) is 5.41. The van der Waals surface area contributed by atoms with Gasteiger partial charge in [-0.3, -0.25) is 9.59 Å². The average molecular weight is 337 g/mol. The zero-order valence-corrected chi connectivity index (χ0v) is 14.3. The number of carbonyl (C=O) groups excluding carboxylic acids is 1. The molecule has 5 nitrogen and oxygen atoms in total. The number of rotatable bonds is 3. The van der Waals surface area contributed by atoms with Crippen molar-refractivity contribution in [1.82, 2.24) is 15.5 Å². The van der Waals surface area contributed by atoms with Gasteiger partial charge in [0.05, 0.1) is 5.39 Å². The molecule has 2 N–H and O–H groups in total. The van der Waals surface area contributed by atoms with Crippen molar-refractivity contribution >= 4 is 16.7 Å². The molecule has 25 heavy (non-hydrogen) atoms. The molecule has 4 aliphatic rings. The molecule has 0 spiro atoms. The second-order valence-corrected chi connectivity index (χ2v) is 8.55. The molecule has 4 fully saturated rings. The highest BCUT2D eigenvalue weighted by Crippen LogP contribution is 2.59. The van der Waals surface area contributed by atoms with Gasteiger partial charge in [-0.25, -0.2) is 5.10 Å². The Morgan fingerprint density at radius 3 is 2.32 bits per heavy atom. The second-order valence-electron chi connectivity index (χ2n) is 8.55. The Balaban J connectivity index is 1.38. The van der Waals surface area contributed by atoms with Gasteiger partial charge in [0.15, 0.2) is 5.69 Å². The zero-order valence-electron chi connectivity index (χ0n) is 14.3. The number of aromatic nitrogens is 2. The Hall–Kier alpha value is -2.17. The maximum Gasteiger partial charge on any atom is 0.272 e. The van der Waals surface area contributed by atoms with Crippen molar-refractivity contribution in [2.45, 2.75) is 38.5 Å². The molecule has 2 aromatic rings. The quantitative estimate of drug-likeness (QED) is 0.904. The van der Waals surface area contributed by atoms with Crippen molar-refractivity contribution in [2.24, 2.45) is 23.2 Å². The van der Waals surface area contributed by atoms with Crippen molar-refractivity contribution in [3.05, 3.63) is 40.3 Å². The van der Waals surface area contributed by atoms with E-state index in [1.807, 2.05) is 6.07 Å². The maximum absolute atomic E-state index is 12.8. The summed E-state index contributed by atoms with van der Waals surface area (Å²) < 4.78 is 0. The van der Waals surface area contributed by atoms with Gasteiger partial charge in [-0.1, -0.05) is 18.2 Å². The number of H-pyrrole nitrogens is 1. The SMILES string of the molecule is O=C(NCC12CC3CC(CC(C3)C1)C2)c1n[nH]c(=O)c2ccccc12. The van der Waals surface area contributed by atoms with Crippen LogP contribution >= 0.6 is 0 Å². The fraction of sp³-hybridized carbons (Fsp3) is 0.550. The number of nitrogens with zero attached hydrogens (tertiary/aromatic N) is 1. The molecule has 130 valence electrons. The van der Waals surface area contributed by atoms with E-state index in [2.05, 4.69) is 15.5 Å². The Kier molecular flexibility index (Phi) is 3.27. The summed E-state index contributed by atoms with van der Waals surface area (Å²) in [5.74, 6) is 2.43. The van der Waals surface area contributed by atoms with Crippen LogP contribution in [0.15, 0.2) is 29.1 Å². The van der Waals surface area contributed by atoms with E-state index in [-0.39, 0.29) is 11.5 Å². The van der Waals surface area contributed by atoms with Gasteiger partial charge >= 0.3 is 0 Å². The molecule has 0 saturated heterocycles. The number of amides is 1. The lowest BCUT2D eigenvalue weighted by Crippen LogP contribution is -2.51. The summed E-state index contributed by atoms with van der Waals surface area (Å²) in [6.07, 6.45) is 8.00. The molecule has 0 radical (unpaired) electrons. The number of benzene rings is 1. The first kappa shape index (κ1) is 15.1. The molecule has 1 heterocycles. The Labute approximate surface area is 146 Å². The van der Waals surface area contributed by atoms with Gasteiger partial charge in [0, 0.05) is 11.9 Å². The zero-order chi connectivity index (χ0) is 17.0. The van der Waals surface area contributed by atoms with Gasteiger partial charge in [0.2, 0.25) is 0 Å². The third kappa shape index (κ3) is 2.48. The number of carbonyl (C=O) groups is 1. The predicted octanol–water partition coefficient (Wildman–Crippen LogP) is 2.87. The van der Waals surface area contributed by atoms with Gasteiger partial charge in [-0.05, 0) is 67.8 Å². The van der Waals surface area contributed by atoms with E-state index in [9.17, 15) is 9.59 Å². The minimum absolute atomic E-state index is 0.178. The van der Waals surface area contributed by atoms with E-state index in [4.69, 9.17) is 0 Å². The number of fused-ring (bicyclic) bond motifs is 1. The number of nitrogens with one attached hydrogen (secondary N) is 2. The number of hydrogen-bond donors (Lipinski definition) is 2. The monoisotopic (exact) mass is 337 g/mol. The third-order valence-electron chi connectivity index (χ3n) is 6.70. The normalized spacial score (nSPS) is 32.9. The highest BCUT2D eigenvalue weighted by Gasteiger charge is 2.50. The lowest BCUT2D eigenvalue weighted by Gasteiger charge is -2.56. The Bertz CT molecular complexity index is 866. The topological polar surface area (TPSA) is 74.8 Å². The minimum atomic E-state index is -0.256. The van der Waals surface area contributed by atoms with E-state index in [0.717, 1.165) is 24.3 Å². The summed E-state index contributed by atoms with van der Waals surface area (Å²) in [5.41, 5.74) is 0.357. The van der Waals surface area contributed by atoms with Gasteiger partial charge in [0.25, 0.3) is 11.5 Å². The Morgan fingerprint density at radius 2 is 1.68 bits per heavy atom. The van der Waals surface area contributed by atoms with E-state index in [0.29, 0.717) is 21.9 Å². The molecule has 4 bridgehead atoms. The first-order valence-corrected chi connectivity index (χ1v) is 9.37. The molecule has 4 saturated carbocycles. The van der Waals surface area contributed by atoms with Crippen molar-refractivity contribution < 1.29 is 4.79 Å². The molecule has 1 aromatic carbocycles. The van der Waals surface area contributed by atoms with Crippen molar-refractivity contribution in [3.8, 4) is 0 Å². The fourth-order valence-corrected chi connectivity index (χ4v) is 6.15. The van der Waals surface area contributed by atoms with Gasteiger partial charge in [0.1, 0.15) is 0 Å². The molecule has 5 heteroatoms. The fourth-order valence-electron chi connectivity index (χ4n) is 6.15. The van der Waals surface area contributed by atoms with Crippen LogP contribution in [0.3, 0.4) is 0 Å². The van der Waals surface area contributed by atoms with Crippen LogP contribution < -0.4 is 10.9 Å². The van der Waals surface area contributed by atoms with Crippen LogP contribution in [-0.2, 0) is 0 Å². The van der Waals surface area contributed by atoms with Crippen molar-refractivity contribution in [1.29, 1.82) is 0 Å². The molecular weight excluding hydrogens is 314 g/mol. The third-order valence-corrected chi connectivity index (χ3v) is 6.70. The number of hydrogen-bond acceptors (Lipinski definition) is 3. The minimum Gasteiger partial charge on any atom is -0.350 e. The number of aromatic amines is 1. The summed E-state index contributed by atoms with van der Waals surface area (Å²) in [7, 11) is 0. The lowest BCUT2D eigenvalue weighted by atomic mass is 9.49. The molecule has 0 atom stereocenters. The van der Waals surface area contributed by atoms with E-state index in [1.165, 1.54) is 38.5 Å². The van der Waals surface area contributed by atoms with Crippen LogP contribution in [0.4, 0.5) is 0 Å². The molecule has 4 aliphatic carbocycles.